The van der Waals surface area contributed by atoms with Crippen molar-refractivity contribution in [1.29, 1.82) is 0 Å². The Hall–Kier alpha value is -0.380. The van der Waals surface area contributed by atoms with Crippen molar-refractivity contribution in [3.63, 3.8) is 0 Å². The van der Waals surface area contributed by atoms with Gasteiger partial charge in [-0.1, -0.05) is 34.5 Å². The van der Waals surface area contributed by atoms with E-state index < -0.39 is 0 Å². The first kappa shape index (κ1) is 12.1. The van der Waals surface area contributed by atoms with Crippen LogP contribution in [0.5, 0.6) is 0 Å². The van der Waals surface area contributed by atoms with Gasteiger partial charge in [0.25, 0.3) is 0 Å². The maximum atomic E-state index is 10.1. The monoisotopic (exact) mass is 283 g/mol. The number of hydrogen-bond acceptors (Lipinski definition) is 2. The molecule has 2 rings (SSSR count). The van der Waals surface area contributed by atoms with Crippen LogP contribution in [-0.2, 0) is 0 Å². The molecule has 1 aromatic carbocycles. The molecule has 1 aliphatic carbocycles. The summed E-state index contributed by atoms with van der Waals surface area (Å²) in [6.45, 7) is 0.728. The zero-order chi connectivity index (χ0) is 11.5. The lowest BCUT2D eigenvalue weighted by molar-refractivity contribution is 0.0776. The average Bonchev–Trinajstić information content (AvgIpc) is 2.15. The largest absolute Gasteiger partial charge is 0.387 e. The van der Waals surface area contributed by atoms with E-state index in [0.717, 1.165) is 16.6 Å². The van der Waals surface area contributed by atoms with Gasteiger partial charge in [0, 0.05) is 17.1 Å². The number of likely N-dealkylation sites (N-methyl/N-ethyl adjacent to an activating group) is 1. The minimum atomic E-state index is -0.376. The molecule has 1 aliphatic rings. The SMILES string of the molecule is CN(CC(O)c1ccc(Br)cc1)C1CCC1. The summed E-state index contributed by atoms with van der Waals surface area (Å²) in [6, 6.07) is 8.58. The summed E-state index contributed by atoms with van der Waals surface area (Å²) < 4.78 is 1.05. The highest BCUT2D eigenvalue weighted by molar-refractivity contribution is 9.10. The Morgan fingerprint density at radius 3 is 2.50 bits per heavy atom. The Morgan fingerprint density at radius 1 is 1.38 bits per heavy atom. The van der Waals surface area contributed by atoms with E-state index in [1.807, 2.05) is 24.3 Å². The van der Waals surface area contributed by atoms with Crippen LogP contribution in [-0.4, -0.2) is 29.6 Å². The van der Waals surface area contributed by atoms with Crippen LogP contribution in [0.2, 0.25) is 0 Å². The summed E-state index contributed by atoms with van der Waals surface area (Å²) in [5.41, 5.74) is 0.995. The quantitative estimate of drug-likeness (QED) is 0.919. The zero-order valence-corrected chi connectivity index (χ0v) is 11.2. The lowest BCUT2D eigenvalue weighted by Gasteiger charge is -2.35. The van der Waals surface area contributed by atoms with Crippen LogP contribution in [0.25, 0.3) is 0 Å². The third-order valence-corrected chi connectivity index (χ3v) is 3.94. The van der Waals surface area contributed by atoms with E-state index in [2.05, 4.69) is 27.9 Å². The molecule has 1 aromatic rings. The molecule has 1 N–H and O–H groups in total. The number of aliphatic hydroxyl groups excluding tert-OH is 1. The molecule has 16 heavy (non-hydrogen) atoms. The number of nitrogens with zero attached hydrogens (tertiary/aromatic N) is 1. The smallest absolute Gasteiger partial charge is 0.0916 e. The topological polar surface area (TPSA) is 23.5 Å². The van der Waals surface area contributed by atoms with Gasteiger partial charge in [0.05, 0.1) is 6.10 Å². The number of aliphatic hydroxyl groups is 1. The highest BCUT2D eigenvalue weighted by Gasteiger charge is 2.23. The van der Waals surface area contributed by atoms with Gasteiger partial charge < -0.3 is 10.0 Å². The Morgan fingerprint density at radius 2 is 2.00 bits per heavy atom. The highest BCUT2D eigenvalue weighted by atomic mass is 79.9. The third kappa shape index (κ3) is 2.84. The maximum Gasteiger partial charge on any atom is 0.0916 e. The molecular formula is C13H18BrNO. The van der Waals surface area contributed by atoms with Crippen molar-refractivity contribution >= 4 is 15.9 Å². The van der Waals surface area contributed by atoms with E-state index in [1.165, 1.54) is 19.3 Å². The Balaban J connectivity index is 1.91. The molecule has 0 aliphatic heterocycles. The van der Waals surface area contributed by atoms with Crippen LogP contribution in [0, 0.1) is 0 Å². The molecule has 0 bridgehead atoms. The van der Waals surface area contributed by atoms with E-state index in [-0.39, 0.29) is 6.10 Å². The lowest BCUT2D eigenvalue weighted by atomic mass is 9.91. The molecular weight excluding hydrogens is 266 g/mol. The van der Waals surface area contributed by atoms with Crippen LogP contribution in [0.4, 0.5) is 0 Å². The van der Waals surface area contributed by atoms with Gasteiger partial charge in [-0.25, -0.2) is 0 Å². The molecule has 1 unspecified atom stereocenters. The fourth-order valence-electron chi connectivity index (χ4n) is 2.04. The highest BCUT2D eigenvalue weighted by Crippen LogP contribution is 2.25. The van der Waals surface area contributed by atoms with Gasteiger partial charge in [0.15, 0.2) is 0 Å². The average molecular weight is 284 g/mol. The predicted octanol–water partition coefficient (Wildman–Crippen LogP) is 2.97. The number of hydrogen-bond donors (Lipinski definition) is 1. The van der Waals surface area contributed by atoms with E-state index in [1.54, 1.807) is 0 Å². The first-order valence-corrected chi connectivity index (χ1v) is 6.60. The molecule has 0 amide bonds. The lowest BCUT2D eigenvalue weighted by Crippen LogP contribution is -2.39. The van der Waals surface area contributed by atoms with E-state index in [4.69, 9.17) is 0 Å². The van der Waals surface area contributed by atoms with Crippen molar-refractivity contribution in [3.8, 4) is 0 Å². The van der Waals surface area contributed by atoms with Gasteiger partial charge in [-0.05, 0) is 37.6 Å². The molecule has 3 heteroatoms. The fraction of sp³-hybridized carbons (Fsp3) is 0.538. The van der Waals surface area contributed by atoms with Crippen molar-refractivity contribution in [2.75, 3.05) is 13.6 Å². The normalized spacial score (nSPS) is 18.5. The minimum Gasteiger partial charge on any atom is -0.387 e. The molecule has 0 saturated heterocycles. The second kappa shape index (κ2) is 5.30. The Bertz CT molecular complexity index is 334. The molecule has 1 saturated carbocycles. The van der Waals surface area contributed by atoms with Crippen molar-refractivity contribution in [2.45, 2.75) is 31.4 Å². The second-order valence-electron chi connectivity index (χ2n) is 4.59. The molecule has 1 fully saturated rings. The van der Waals surface area contributed by atoms with Crippen molar-refractivity contribution in [1.82, 2.24) is 4.90 Å². The zero-order valence-electron chi connectivity index (χ0n) is 9.56. The van der Waals surface area contributed by atoms with Gasteiger partial charge >= 0.3 is 0 Å². The van der Waals surface area contributed by atoms with Gasteiger partial charge in [0.2, 0.25) is 0 Å². The first-order chi connectivity index (χ1) is 7.66. The molecule has 2 nitrogen and oxygen atoms in total. The van der Waals surface area contributed by atoms with Crippen molar-refractivity contribution in [2.24, 2.45) is 0 Å². The Labute approximate surface area is 105 Å². The van der Waals surface area contributed by atoms with Crippen LogP contribution in [0.1, 0.15) is 30.9 Å². The van der Waals surface area contributed by atoms with Crippen molar-refractivity contribution < 1.29 is 5.11 Å². The second-order valence-corrected chi connectivity index (χ2v) is 5.51. The summed E-state index contributed by atoms with van der Waals surface area (Å²) in [4.78, 5) is 2.27. The minimum absolute atomic E-state index is 0.376. The molecule has 1 atom stereocenters. The molecule has 0 heterocycles. The van der Waals surface area contributed by atoms with Crippen LogP contribution < -0.4 is 0 Å². The van der Waals surface area contributed by atoms with Crippen molar-refractivity contribution in [3.05, 3.63) is 34.3 Å². The van der Waals surface area contributed by atoms with Gasteiger partial charge in [-0.3, -0.25) is 0 Å². The molecule has 0 spiro atoms. The van der Waals surface area contributed by atoms with Gasteiger partial charge in [-0.2, -0.15) is 0 Å². The van der Waals surface area contributed by atoms with E-state index in [9.17, 15) is 5.11 Å². The summed E-state index contributed by atoms with van der Waals surface area (Å²) >= 11 is 3.40. The van der Waals surface area contributed by atoms with Crippen LogP contribution in [0.15, 0.2) is 28.7 Å². The molecule has 0 aromatic heterocycles. The van der Waals surface area contributed by atoms with E-state index in [0.29, 0.717) is 6.04 Å². The fourth-order valence-corrected chi connectivity index (χ4v) is 2.30. The first-order valence-electron chi connectivity index (χ1n) is 5.80. The third-order valence-electron chi connectivity index (χ3n) is 3.41. The number of halogens is 1. The molecule has 0 radical (unpaired) electrons. The number of rotatable bonds is 4. The summed E-state index contributed by atoms with van der Waals surface area (Å²) in [5.74, 6) is 0. The van der Waals surface area contributed by atoms with Gasteiger partial charge in [0.1, 0.15) is 0 Å². The van der Waals surface area contributed by atoms with E-state index >= 15 is 0 Å². The summed E-state index contributed by atoms with van der Waals surface area (Å²) in [7, 11) is 2.10. The summed E-state index contributed by atoms with van der Waals surface area (Å²) in [5, 5.41) is 10.1. The van der Waals surface area contributed by atoms with Gasteiger partial charge in [-0.15, -0.1) is 0 Å². The van der Waals surface area contributed by atoms with Crippen LogP contribution in [0.3, 0.4) is 0 Å². The van der Waals surface area contributed by atoms with Crippen LogP contribution >= 0.6 is 15.9 Å². The predicted molar refractivity (Wildman–Crippen MR) is 69.4 cm³/mol. The summed E-state index contributed by atoms with van der Waals surface area (Å²) in [6.07, 6.45) is 3.52. The number of benzene rings is 1. The maximum absolute atomic E-state index is 10.1. The Kier molecular flexibility index (Phi) is 4.00. The standard InChI is InChI=1S/C13H18BrNO/c1-15(12-3-2-4-12)9-13(16)10-5-7-11(14)8-6-10/h5-8,12-13,16H,2-4,9H2,1H3. The molecule has 88 valence electrons.